The summed E-state index contributed by atoms with van der Waals surface area (Å²) in [7, 11) is 0. The lowest BCUT2D eigenvalue weighted by Gasteiger charge is -2.08. The van der Waals surface area contributed by atoms with Crippen LogP contribution in [-0.2, 0) is 11.3 Å². The lowest BCUT2D eigenvalue weighted by atomic mass is 10.1. The standard InChI is InChI=1S/C11H14BrNO2/c12-10-7-8(5-6-14-13)1-4-11(10)15-9-2-3-9/h1,4,7,9H,2-3,5-6,13H2. The summed E-state index contributed by atoms with van der Waals surface area (Å²) < 4.78 is 6.72. The van der Waals surface area contributed by atoms with Crippen LogP contribution in [0.2, 0.25) is 0 Å². The molecule has 0 saturated heterocycles. The number of benzene rings is 1. The van der Waals surface area contributed by atoms with E-state index in [4.69, 9.17) is 10.6 Å². The highest BCUT2D eigenvalue weighted by molar-refractivity contribution is 9.10. The Morgan fingerprint density at radius 3 is 2.80 bits per heavy atom. The van der Waals surface area contributed by atoms with E-state index in [1.54, 1.807) is 0 Å². The van der Waals surface area contributed by atoms with Gasteiger partial charge in [-0.15, -0.1) is 0 Å². The maximum Gasteiger partial charge on any atom is 0.133 e. The van der Waals surface area contributed by atoms with Crippen molar-refractivity contribution < 1.29 is 9.57 Å². The number of hydrogen-bond acceptors (Lipinski definition) is 3. The van der Waals surface area contributed by atoms with Gasteiger partial charge in [0.2, 0.25) is 0 Å². The van der Waals surface area contributed by atoms with Gasteiger partial charge in [0.25, 0.3) is 0 Å². The third-order valence-electron chi connectivity index (χ3n) is 2.32. The number of hydrogen-bond donors (Lipinski definition) is 1. The zero-order valence-electron chi connectivity index (χ0n) is 8.41. The first-order valence-electron chi connectivity index (χ1n) is 5.06. The highest BCUT2D eigenvalue weighted by atomic mass is 79.9. The minimum absolute atomic E-state index is 0.430. The second-order valence-corrected chi connectivity index (χ2v) is 4.56. The molecule has 2 rings (SSSR count). The van der Waals surface area contributed by atoms with Gasteiger partial charge in [-0.2, -0.15) is 0 Å². The molecule has 0 unspecified atom stereocenters. The Morgan fingerprint density at radius 1 is 1.40 bits per heavy atom. The molecule has 4 heteroatoms. The zero-order valence-corrected chi connectivity index (χ0v) is 10.00. The Kier molecular flexibility index (Phi) is 3.61. The Balaban J connectivity index is 2.00. The normalized spacial score (nSPS) is 15.3. The fourth-order valence-electron chi connectivity index (χ4n) is 1.34. The third-order valence-corrected chi connectivity index (χ3v) is 2.94. The van der Waals surface area contributed by atoms with Crippen molar-refractivity contribution in [3.63, 3.8) is 0 Å². The van der Waals surface area contributed by atoms with E-state index in [2.05, 4.69) is 26.8 Å². The second-order valence-electron chi connectivity index (χ2n) is 3.70. The number of halogens is 1. The third kappa shape index (κ3) is 3.19. The van der Waals surface area contributed by atoms with Crippen LogP contribution in [0, 0.1) is 0 Å². The lowest BCUT2D eigenvalue weighted by molar-refractivity contribution is 0.141. The van der Waals surface area contributed by atoms with E-state index in [0.717, 1.165) is 16.6 Å². The zero-order chi connectivity index (χ0) is 10.7. The van der Waals surface area contributed by atoms with Crippen LogP contribution in [0.4, 0.5) is 0 Å². The molecule has 0 amide bonds. The number of rotatable bonds is 5. The smallest absolute Gasteiger partial charge is 0.133 e. The van der Waals surface area contributed by atoms with Crippen molar-refractivity contribution in [2.75, 3.05) is 6.61 Å². The monoisotopic (exact) mass is 271 g/mol. The van der Waals surface area contributed by atoms with Gasteiger partial charge < -0.3 is 9.57 Å². The Bertz CT molecular complexity index is 339. The highest BCUT2D eigenvalue weighted by Gasteiger charge is 2.24. The Hall–Kier alpha value is -0.580. The van der Waals surface area contributed by atoms with Crippen molar-refractivity contribution >= 4 is 15.9 Å². The average Bonchev–Trinajstić information content (AvgIpc) is 3.02. The van der Waals surface area contributed by atoms with E-state index < -0.39 is 0 Å². The fraction of sp³-hybridized carbons (Fsp3) is 0.455. The Morgan fingerprint density at radius 2 is 2.20 bits per heavy atom. The first-order valence-corrected chi connectivity index (χ1v) is 5.85. The van der Waals surface area contributed by atoms with Crippen molar-refractivity contribution in [1.82, 2.24) is 0 Å². The van der Waals surface area contributed by atoms with Crippen molar-refractivity contribution in [3.05, 3.63) is 28.2 Å². The van der Waals surface area contributed by atoms with Crippen LogP contribution in [0.1, 0.15) is 18.4 Å². The van der Waals surface area contributed by atoms with Gasteiger partial charge in [0.05, 0.1) is 17.2 Å². The molecule has 0 atom stereocenters. The predicted molar refractivity (Wildman–Crippen MR) is 61.6 cm³/mol. The summed E-state index contributed by atoms with van der Waals surface area (Å²) in [5.41, 5.74) is 1.19. The van der Waals surface area contributed by atoms with Gasteiger partial charge in [0, 0.05) is 0 Å². The van der Waals surface area contributed by atoms with Crippen LogP contribution in [0.3, 0.4) is 0 Å². The maximum atomic E-state index is 5.71. The van der Waals surface area contributed by atoms with E-state index in [0.29, 0.717) is 12.7 Å². The van der Waals surface area contributed by atoms with Crippen LogP contribution in [0.25, 0.3) is 0 Å². The van der Waals surface area contributed by atoms with Crippen LogP contribution < -0.4 is 10.6 Å². The van der Waals surface area contributed by atoms with Crippen molar-refractivity contribution in [3.8, 4) is 5.75 Å². The van der Waals surface area contributed by atoms with Gasteiger partial charge in [-0.1, -0.05) is 6.07 Å². The maximum absolute atomic E-state index is 5.71. The summed E-state index contributed by atoms with van der Waals surface area (Å²) >= 11 is 3.50. The highest BCUT2D eigenvalue weighted by Crippen LogP contribution is 2.32. The molecule has 0 spiro atoms. The minimum Gasteiger partial charge on any atom is -0.489 e. The molecule has 82 valence electrons. The first-order chi connectivity index (χ1) is 7.29. The molecule has 2 N–H and O–H groups in total. The largest absolute Gasteiger partial charge is 0.489 e. The van der Waals surface area contributed by atoms with Gasteiger partial charge in [-0.05, 0) is 52.9 Å². The van der Waals surface area contributed by atoms with Crippen molar-refractivity contribution in [1.29, 1.82) is 0 Å². The van der Waals surface area contributed by atoms with Crippen molar-refractivity contribution in [2.45, 2.75) is 25.4 Å². The number of ether oxygens (including phenoxy) is 1. The molecule has 0 aromatic heterocycles. The summed E-state index contributed by atoms with van der Waals surface area (Å²) in [6, 6.07) is 6.09. The predicted octanol–water partition coefficient (Wildman–Crippen LogP) is 2.42. The molecule has 15 heavy (non-hydrogen) atoms. The quantitative estimate of drug-likeness (QED) is 0.837. The molecule has 0 aliphatic heterocycles. The van der Waals surface area contributed by atoms with Gasteiger partial charge in [0.1, 0.15) is 5.75 Å². The molecule has 1 aromatic rings. The number of nitrogens with two attached hydrogens (primary N) is 1. The van der Waals surface area contributed by atoms with Gasteiger partial charge >= 0.3 is 0 Å². The summed E-state index contributed by atoms with van der Waals surface area (Å²) in [5, 5.41) is 0. The molecular formula is C11H14BrNO2. The average molecular weight is 272 g/mol. The SMILES string of the molecule is NOCCc1ccc(OC2CC2)c(Br)c1. The Labute approximate surface area is 97.6 Å². The summed E-state index contributed by atoms with van der Waals surface area (Å²) in [5.74, 6) is 5.91. The van der Waals surface area contributed by atoms with Crippen LogP contribution in [0.15, 0.2) is 22.7 Å². The van der Waals surface area contributed by atoms with E-state index in [-0.39, 0.29) is 0 Å². The lowest BCUT2D eigenvalue weighted by Crippen LogP contribution is -2.04. The second kappa shape index (κ2) is 4.96. The van der Waals surface area contributed by atoms with Crippen LogP contribution in [-0.4, -0.2) is 12.7 Å². The van der Waals surface area contributed by atoms with E-state index in [1.165, 1.54) is 18.4 Å². The van der Waals surface area contributed by atoms with E-state index in [1.807, 2.05) is 12.1 Å². The molecule has 1 aromatic carbocycles. The van der Waals surface area contributed by atoms with Crippen LogP contribution >= 0.6 is 15.9 Å². The molecule has 0 radical (unpaired) electrons. The summed E-state index contributed by atoms with van der Waals surface area (Å²) in [4.78, 5) is 4.54. The minimum atomic E-state index is 0.430. The fourth-order valence-corrected chi connectivity index (χ4v) is 1.86. The molecule has 1 aliphatic rings. The van der Waals surface area contributed by atoms with E-state index >= 15 is 0 Å². The molecular weight excluding hydrogens is 258 g/mol. The van der Waals surface area contributed by atoms with Gasteiger partial charge in [0.15, 0.2) is 0 Å². The van der Waals surface area contributed by atoms with E-state index in [9.17, 15) is 0 Å². The summed E-state index contributed by atoms with van der Waals surface area (Å²) in [6.07, 6.45) is 3.60. The first kappa shape index (κ1) is 10.9. The topological polar surface area (TPSA) is 44.5 Å². The van der Waals surface area contributed by atoms with Crippen molar-refractivity contribution in [2.24, 2.45) is 5.90 Å². The molecule has 0 bridgehead atoms. The molecule has 3 nitrogen and oxygen atoms in total. The molecule has 1 aliphatic carbocycles. The van der Waals surface area contributed by atoms with Gasteiger partial charge in [-0.3, -0.25) is 0 Å². The summed E-state index contributed by atoms with van der Waals surface area (Å²) in [6.45, 7) is 0.537. The van der Waals surface area contributed by atoms with Crippen LogP contribution in [0.5, 0.6) is 5.75 Å². The molecule has 1 fully saturated rings. The molecule has 0 heterocycles. The van der Waals surface area contributed by atoms with Gasteiger partial charge in [-0.25, -0.2) is 5.90 Å². The molecule has 1 saturated carbocycles.